The van der Waals surface area contributed by atoms with Gasteiger partial charge >= 0.3 is 0 Å². The number of aromatic nitrogens is 2. The highest BCUT2D eigenvalue weighted by molar-refractivity contribution is 6.30. The Kier molecular flexibility index (Phi) is 6.61. The minimum absolute atomic E-state index is 0. The van der Waals surface area contributed by atoms with Gasteiger partial charge in [0.05, 0.1) is 6.04 Å². The summed E-state index contributed by atoms with van der Waals surface area (Å²) in [5.41, 5.74) is 6.22. The summed E-state index contributed by atoms with van der Waals surface area (Å²) >= 11 is 5.90. The van der Waals surface area contributed by atoms with E-state index in [4.69, 9.17) is 21.9 Å². The van der Waals surface area contributed by atoms with Gasteiger partial charge in [-0.2, -0.15) is 4.98 Å². The van der Waals surface area contributed by atoms with Crippen LogP contribution in [0.15, 0.2) is 28.8 Å². The van der Waals surface area contributed by atoms with E-state index >= 15 is 0 Å². The third-order valence-corrected chi connectivity index (χ3v) is 2.84. The number of rotatable bonds is 5. The number of nitrogens with one attached hydrogen (secondary N) is 1. The predicted molar refractivity (Wildman–Crippen MR) is 82.4 cm³/mol. The number of hydrogen-bond donors (Lipinski definition) is 2. The van der Waals surface area contributed by atoms with Crippen molar-refractivity contribution in [3.63, 3.8) is 0 Å². The first kappa shape index (κ1) is 17.4. The van der Waals surface area contributed by atoms with Gasteiger partial charge in [-0.15, -0.1) is 12.4 Å². The van der Waals surface area contributed by atoms with Gasteiger partial charge < -0.3 is 15.6 Å². The molecule has 2 aromatic rings. The van der Waals surface area contributed by atoms with E-state index in [9.17, 15) is 4.79 Å². The van der Waals surface area contributed by atoms with Gasteiger partial charge in [-0.1, -0.05) is 28.9 Å². The van der Waals surface area contributed by atoms with Crippen LogP contribution in [0.4, 0.5) is 0 Å². The Morgan fingerprint density at radius 2 is 2.29 bits per heavy atom. The molecule has 0 aliphatic heterocycles. The molecule has 6 nitrogen and oxygen atoms in total. The van der Waals surface area contributed by atoms with Crippen molar-refractivity contribution in [2.24, 2.45) is 5.73 Å². The Bertz CT molecular complexity index is 601. The van der Waals surface area contributed by atoms with Crippen molar-refractivity contribution >= 4 is 29.9 Å². The van der Waals surface area contributed by atoms with Crippen LogP contribution in [0.3, 0.4) is 0 Å². The van der Waals surface area contributed by atoms with Crippen molar-refractivity contribution in [1.29, 1.82) is 0 Å². The first-order chi connectivity index (χ1) is 9.56. The lowest BCUT2D eigenvalue weighted by Crippen LogP contribution is -2.39. The quantitative estimate of drug-likeness (QED) is 0.871. The van der Waals surface area contributed by atoms with E-state index in [1.54, 1.807) is 19.1 Å². The molecule has 0 saturated heterocycles. The standard InChI is InChI=1S/C13H15ClN4O2.ClH/c1-8(15)13(19)16-6-5-11-17-12(18-20-11)9-3-2-4-10(14)7-9;/h2-4,7-8H,5-6,15H2,1H3,(H,16,19);1H/t8-;/m0./s1. The molecule has 1 atom stereocenters. The first-order valence-electron chi connectivity index (χ1n) is 6.18. The number of amides is 1. The highest BCUT2D eigenvalue weighted by Gasteiger charge is 2.10. The lowest BCUT2D eigenvalue weighted by atomic mass is 10.2. The fourth-order valence-electron chi connectivity index (χ4n) is 1.55. The Balaban J connectivity index is 0.00000220. The maximum atomic E-state index is 11.3. The third-order valence-electron chi connectivity index (χ3n) is 2.60. The molecule has 0 fully saturated rings. The molecule has 114 valence electrons. The average Bonchev–Trinajstić information content (AvgIpc) is 2.87. The van der Waals surface area contributed by atoms with Crippen molar-refractivity contribution < 1.29 is 9.32 Å². The lowest BCUT2D eigenvalue weighted by Gasteiger charge is -2.05. The smallest absolute Gasteiger partial charge is 0.236 e. The molecule has 1 heterocycles. The van der Waals surface area contributed by atoms with E-state index in [-0.39, 0.29) is 18.3 Å². The van der Waals surface area contributed by atoms with Crippen molar-refractivity contribution in [3.8, 4) is 11.4 Å². The van der Waals surface area contributed by atoms with E-state index in [1.165, 1.54) is 0 Å². The fraction of sp³-hybridized carbons (Fsp3) is 0.308. The fourth-order valence-corrected chi connectivity index (χ4v) is 1.75. The molecule has 0 unspecified atom stereocenters. The van der Waals surface area contributed by atoms with Crippen LogP contribution in [0, 0.1) is 0 Å². The molecule has 3 N–H and O–H groups in total. The number of nitrogens with zero attached hydrogens (tertiary/aromatic N) is 2. The first-order valence-corrected chi connectivity index (χ1v) is 6.56. The molecule has 2 rings (SSSR count). The van der Waals surface area contributed by atoms with Gasteiger partial charge in [0.15, 0.2) is 0 Å². The van der Waals surface area contributed by atoms with Gasteiger partial charge in [0.25, 0.3) is 0 Å². The second-order valence-electron chi connectivity index (χ2n) is 4.35. The summed E-state index contributed by atoms with van der Waals surface area (Å²) in [6, 6.07) is 6.66. The summed E-state index contributed by atoms with van der Waals surface area (Å²) in [4.78, 5) is 15.5. The SMILES string of the molecule is C[C@H](N)C(=O)NCCc1nc(-c2cccc(Cl)c2)no1.Cl. The Morgan fingerprint density at radius 3 is 2.95 bits per heavy atom. The second-order valence-corrected chi connectivity index (χ2v) is 4.79. The minimum atomic E-state index is -0.528. The normalized spacial score (nSPS) is 11.6. The summed E-state index contributed by atoms with van der Waals surface area (Å²) in [6.45, 7) is 2.02. The highest BCUT2D eigenvalue weighted by atomic mass is 35.5. The molecule has 8 heteroatoms. The van der Waals surface area contributed by atoms with Crippen LogP contribution in [-0.2, 0) is 11.2 Å². The van der Waals surface area contributed by atoms with Gasteiger partial charge in [-0.3, -0.25) is 4.79 Å². The second kappa shape index (κ2) is 7.97. The minimum Gasteiger partial charge on any atom is -0.354 e. The molecule has 0 aliphatic carbocycles. The summed E-state index contributed by atoms with van der Waals surface area (Å²) in [6.07, 6.45) is 0.450. The van der Waals surface area contributed by atoms with Crippen molar-refractivity contribution in [1.82, 2.24) is 15.5 Å². The number of carbonyl (C=O) groups excluding carboxylic acids is 1. The molecule has 0 radical (unpaired) electrons. The summed E-state index contributed by atoms with van der Waals surface area (Å²) < 4.78 is 5.11. The van der Waals surface area contributed by atoms with E-state index in [0.29, 0.717) is 29.7 Å². The topological polar surface area (TPSA) is 94.0 Å². The van der Waals surface area contributed by atoms with Crippen molar-refractivity contribution in [2.45, 2.75) is 19.4 Å². The van der Waals surface area contributed by atoms with Crippen LogP contribution < -0.4 is 11.1 Å². The number of halogens is 2. The maximum absolute atomic E-state index is 11.3. The Labute approximate surface area is 133 Å². The molecule has 0 saturated carbocycles. The van der Waals surface area contributed by atoms with Gasteiger partial charge in [0.2, 0.25) is 17.6 Å². The molecule has 1 aromatic heterocycles. The number of nitrogens with two attached hydrogens (primary N) is 1. The van der Waals surface area contributed by atoms with Crippen LogP contribution in [-0.4, -0.2) is 28.6 Å². The highest BCUT2D eigenvalue weighted by Crippen LogP contribution is 2.19. The number of benzene rings is 1. The zero-order valence-corrected chi connectivity index (χ0v) is 12.9. The maximum Gasteiger partial charge on any atom is 0.236 e. The van der Waals surface area contributed by atoms with Crippen LogP contribution in [0.5, 0.6) is 0 Å². The predicted octanol–water partition coefficient (Wildman–Crippen LogP) is 1.82. The van der Waals surface area contributed by atoms with E-state index < -0.39 is 6.04 Å². The average molecular weight is 331 g/mol. The van der Waals surface area contributed by atoms with Crippen LogP contribution in [0.2, 0.25) is 5.02 Å². The van der Waals surface area contributed by atoms with Gasteiger partial charge in [0, 0.05) is 23.6 Å². The van der Waals surface area contributed by atoms with E-state index in [2.05, 4.69) is 15.5 Å². The third kappa shape index (κ3) is 5.00. The van der Waals surface area contributed by atoms with Gasteiger partial charge in [-0.25, -0.2) is 0 Å². The zero-order valence-electron chi connectivity index (χ0n) is 11.4. The Morgan fingerprint density at radius 1 is 1.52 bits per heavy atom. The molecule has 1 amide bonds. The molecular weight excluding hydrogens is 315 g/mol. The van der Waals surface area contributed by atoms with Crippen molar-refractivity contribution in [2.75, 3.05) is 6.54 Å². The van der Waals surface area contributed by atoms with E-state index in [1.807, 2.05) is 12.1 Å². The Hall–Kier alpha value is -1.63. The largest absolute Gasteiger partial charge is 0.354 e. The van der Waals surface area contributed by atoms with Gasteiger partial charge in [0.1, 0.15) is 0 Å². The molecule has 21 heavy (non-hydrogen) atoms. The lowest BCUT2D eigenvalue weighted by molar-refractivity contribution is -0.121. The van der Waals surface area contributed by atoms with Crippen LogP contribution in [0.25, 0.3) is 11.4 Å². The molecule has 0 aliphatic rings. The molecule has 0 spiro atoms. The summed E-state index contributed by atoms with van der Waals surface area (Å²) in [7, 11) is 0. The van der Waals surface area contributed by atoms with Crippen LogP contribution >= 0.6 is 24.0 Å². The summed E-state index contributed by atoms with van der Waals surface area (Å²) in [5, 5.41) is 7.16. The zero-order chi connectivity index (χ0) is 14.5. The van der Waals surface area contributed by atoms with Crippen LogP contribution in [0.1, 0.15) is 12.8 Å². The molecule has 1 aromatic carbocycles. The molecular formula is C13H16Cl2N4O2. The van der Waals surface area contributed by atoms with E-state index in [0.717, 1.165) is 5.56 Å². The number of hydrogen-bond acceptors (Lipinski definition) is 5. The van der Waals surface area contributed by atoms with Gasteiger partial charge in [-0.05, 0) is 19.1 Å². The monoisotopic (exact) mass is 330 g/mol. The summed E-state index contributed by atoms with van der Waals surface area (Å²) in [5.74, 6) is 0.713. The number of carbonyl (C=O) groups is 1. The van der Waals surface area contributed by atoms with Crippen molar-refractivity contribution in [3.05, 3.63) is 35.2 Å². The molecule has 0 bridgehead atoms.